The van der Waals surface area contributed by atoms with Crippen molar-refractivity contribution in [3.63, 3.8) is 0 Å². The zero-order valence-corrected chi connectivity index (χ0v) is 22.2. The maximum atomic E-state index is 13.6. The van der Waals surface area contributed by atoms with Gasteiger partial charge in [0.05, 0.1) is 4.21 Å². The molecule has 196 valence electrons. The van der Waals surface area contributed by atoms with Crippen LogP contribution in [-0.4, -0.2) is 66.6 Å². The highest BCUT2D eigenvalue weighted by Crippen LogP contribution is 2.42. The fraction of sp³-hybridized carbons (Fsp3) is 0.182. The molecule has 16 heteroatoms. The number of aliphatic carboxylic acids is 1. The van der Waals surface area contributed by atoms with Gasteiger partial charge in [0.15, 0.2) is 16.3 Å². The summed E-state index contributed by atoms with van der Waals surface area (Å²) in [5.41, 5.74) is 5.19. The molecule has 0 unspecified atom stereocenters. The highest BCUT2D eigenvalue weighted by atomic mass is 32.2. The van der Waals surface area contributed by atoms with Crippen molar-refractivity contribution >= 4 is 84.9 Å². The number of carboxylic acid groups (broad SMARTS) is 1. The van der Waals surface area contributed by atoms with Crippen LogP contribution in [0.5, 0.6) is 0 Å². The fourth-order valence-electron chi connectivity index (χ4n) is 3.95. The van der Waals surface area contributed by atoms with Gasteiger partial charge in [0.2, 0.25) is 0 Å². The second-order valence-corrected chi connectivity index (χ2v) is 12.4. The lowest BCUT2D eigenvalue weighted by Crippen LogP contribution is -2.71. The molecule has 1 aromatic carbocycles. The smallest absolute Gasteiger partial charge is 0.352 e. The molecule has 0 spiro atoms. The number of β-lactam (4-membered cyclic amide) rings is 1. The molecule has 5 rings (SSSR count). The number of carboxylic acids is 1. The van der Waals surface area contributed by atoms with Gasteiger partial charge in [-0.25, -0.2) is 14.2 Å². The van der Waals surface area contributed by atoms with Crippen molar-refractivity contribution in [1.82, 2.24) is 15.2 Å². The minimum absolute atomic E-state index is 0.0385. The van der Waals surface area contributed by atoms with E-state index in [-0.39, 0.29) is 33.5 Å². The Hall–Kier alpha value is -3.47. The summed E-state index contributed by atoms with van der Waals surface area (Å²) in [5.74, 6) is -2.81. The zero-order valence-electron chi connectivity index (χ0n) is 18.9. The van der Waals surface area contributed by atoms with Crippen molar-refractivity contribution < 1.29 is 29.1 Å². The van der Waals surface area contributed by atoms with E-state index < -0.39 is 40.7 Å². The summed E-state index contributed by atoms with van der Waals surface area (Å²) in [5, 5.41) is 25.9. The summed E-state index contributed by atoms with van der Waals surface area (Å²) < 4.78 is 14.7. The Morgan fingerprint density at radius 2 is 2.11 bits per heavy atom. The van der Waals surface area contributed by atoms with Crippen LogP contribution in [0.25, 0.3) is 10.1 Å². The van der Waals surface area contributed by atoms with E-state index >= 15 is 0 Å². The summed E-state index contributed by atoms with van der Waals surface area (Å²) in [7, 11) is 0. The van der Waals surface area contributed by atoms with Crippen molar-refractivity contribution in [2.45, 2.75) is 15.6 Å². The van der Waals surface area contributed by atoms with Crippen LogP contribution in [0.4, 0.5) is 9.52 Å². The molecule has 0 aliphatic carbocycles. The van der Waals surface area contributed by atoms with Crippen molar-refractivity contribution in [2.75, 3.05) is 17.2 Å². The minimum atomic E-state index is -1.30. The number of nitrogens with one attached hydrogen (secondary N) is 1. The SMILES string of the molecule is Nc1nc(/C(=N/O)C(=O)N[C@@H]2C(=O)N3C(C(=O)O)=C(CSc4cc(=O)c5ccc(F)cc5s4)CS[C@H]23)cs1. The largest absolute Gasteiger partial charge is 0.477 e. The number of oxime groups is 1. The molecule has 5 N–H and O–H groups in total. The Labute approximate surface area is 229 Å². The van der Waals surface area contributed by atoms with Gasteiger partial charge in [0.25, 0.3) is 11.8 Å². The van der Waals surface area contributed by atoms with Gasteiger partial charge < -0.3 is 21.4 Å². The molecule has 0 radical (unpaired) electrons. The second-order valence-electron chi connectivity index (χ2n) is 8.00. The number of hydrogen-bond acceptors (Lipinski definition) is 12. The monoisotopic (exact) mass is 593 g/mol. The first-order valence-corrected chi connectivity index (χ1v) is 14.4. The van der Waals surface area contributed by atoms with Gasteiger partial charge in [-0.15, -0.1) is 46.2 Å². The summed E-state index contributed by atoms with van der Waals surface area (Å²) in [6.45, 7) is 0. The third-order valence-electron chi connectivity index (χ3n) is 5.67. The highest BCUT2D eigenvalue weighted by Gasteiger charge is 2.54. The highest BCUT2D eigenvalue weighted by molar-refractivity contribution is 8.02. The molecule has 2 aliphatic heterocycles. The molecular formula is C22H16FN5O6S4. The maximum Gasteiger partial charge on any atom is 0.352 e. The quantitative estimate of drug-likeness (QED) is 0.104. The van der Waals surface area contributed by atoms with Crippen molar-refractivity contribution in [1.29, 1.82) is 0 Å². The van der Waals surface area contributed by atoms with E-state index in [0.29, 0.717) is 19.9 Å². The standard InChI is InChI=1S/C22H16FN5O6S4/c23-9-1-2-10-12(29)4-14(38-13(10)3-9)35-5-8-6-36-20-16(19(31)28(20)17(8)21(32)33)26-18(30)15(27-34)11-7-37-22(24)25-11/h1-4,7,16,20,34H,5-6H2,(H2,24,25)(H,26,30)(H,32,33)/b27-15-/t16-,20-/m1/s1. The number of nitrogen functional groups attached to an aromatic ring is 1. The van der Waals surface area contributed by atoms with Crippen molar-refractivity contribution in [3.8, 4) is 0 Å². The van der Waals surface area contributed by atoms with Crippen LogP contribution in [0.3, 0.4) is 0 Å². The number of thiazole rings is 1. The average molecular weight is 594 g/mol. The third kappa shape index (κ3) is 4.75. The van der Waals surface area contributed by atoms with Gasteiger partial charge in [-0.3, -0.25) is 19.3 Å². The molecule has 1 fully saturated rings. The fourth-order valence-corrected chi connectivity index (χ4v) is 8.23. The number of hydrogen-bond donors (Lipinski definition) is 4. The molecule has 2 aromatic heterocycles. The van der Waals surface area contributed by atoms with E-state index in [4.69, 9.17) is 5.73 Å². The Morgan fingerprint density at radius 3 is 2.79 bits per heavy atom. The lowest BCUT2D eigenvalue weighted by Gasteiger charge is -2.49. The first-order chi connectivity index (χ1) is 18.2. The van der Waals surface area contributed by atoms with Crippen LogP contribution in [0.1, 0.15) is 5.69 Å². The first-order valence-electron chi connectivity index (χ1n) is 10.7. The van der Waals surface area contributed by atoms with Gasteiger partial charge in [0.1, 0.15) is 28.6 Å². The molecule has 4 heterocycles. The van der Waals surface area contributed by atoms with Gasteiger partial charge in [-0.2, -0.15) is 0 Å². The number of carbonyl (C=O) groups excluding carboxylic acids is 2. The average Bonchev–Trinajstić information content (AvgIpc) is 3.31. The number of halogens is 1. The van der Waals surface area contributed by atoms with Gasteiger partial charge in [-0.05, 0) is 23.8 Å². The lowest BCUT2D eigenvalue weighted by molar-refractivity contribution is -0.150. The van der Waals surface area contributed by atoms with E-state index in [1.54, 1.807) is 0 Å². The Balaban J connectivity index is 1.32. The topological polar surface area (TPSA) is 175 Å². The summed E-state index contributed by atoms with van der Waals surface area (Å²) in [6.07, 6.45) is 0. The van der Waals surface area contributed by atoms with Crippen LogP contribution in [0.2, 0.25) is 0 Å². The maximum absolute atomic E-state index is 13.6. The number of aromatic nitrogens is 1. The van der Waals surface area contributed by atoms with Crippen molar-refractivity contribution in [3.05, 3.63) is 62.7 Å². The molecule has 11 nitrogen and oxygen atoms in total. The Bertz CT molecular complexity index is 1620. The number of thioether (sulfide) groups is 2. The predicted molar refractivity (Wildman–Crippen MR) is 143 cm³/mol. The van der Waals surface area contributed by atoms with Gasteiger partial charge >= 0.3 is 5.97 Å². The molecule has 38 heavy (non-hydrogen) atoms. The summed E-state index contributed by atoms with van der Waals surface area (Å²) >= 11 is 4.75. The van der Waals surface area contributed by atoms with Gasteiger partial charge in [-0.1, -0.05) is 5.16 Å². The molecule has 0 saturated carbocycles. The number of anilines is 1. The third-order valence-corrected chi connectivity index (χ3v) is 10.1. The molecule has 2 aliphatic rings. The number of fused-ring (bicyclic) bond motifs is 2. The zero-order chi connectivity index (χ0) is 27.1. The lowest BCUT2D eigenvalue weighted by atomic mass is 10.0. The first kappa shape index (κ1) is 26.1. The number of rotatable bonds is 7. The van der Waals surface area contributed by atoms with Crippen LogP contribution < -0.4 is 16.5 Å². The molecule has 3 aromatic rings. The van der Waals surface area contributed by atoms with E-state index in [2.05, 4.69) is 15.5 Å². The molecule has 2 atom stereocenters. The van der Waals surface area contributed by atoms with E-state index in [1.165, 1.54) is 64.5 Å². The van der Waals surface area contributed by atoms with Crippen LogP contribution >= 0.6 is 46.2 Å². The van der Waals surface area contributed by atoms with E-state index in [0.717, 1.165) is 16.2 Å². The second kappa shape index (κ2) is 10.4. The van der Waals surface area contributed by atoms with Gasteiger partial charge in [0, 0.05) is 33.0 Å². The molecular weight excluding hydrogens is 578 g/mol. The number of amides is 2. The van der Waals surface area contributed by atoms with Crippen molar-refractivity contribution in [2.24, 2.45) is 5.16 Å². The van der Waals surface area contributed by atoms with Crippen LogP contribution in [0.15, 0.2) is 55.1 Å². The molecule has 2 amide bonds. The summed E-state index contributed by atoms with van der Waals surface area (Å²) in [6, 6.07) is 4.30. The predicted octanol–water partition coefficient (Wildman–Crippen LogP) is 2.15. The Morgan fingerprint density at radius 1 is 1.32 bits per heavy atom. The summed E-state index contributed by atoms with van der Waals surface area (Å²) in [4.78, 5) is 55.1. The van der Waals surface area contributed by atoms with Crippen LogP contribution in [0, 0.1) is 5.82 Å². The van der Waals surface area contributed by atoms with E-state index in [9.17, 15) is 33.9 Å². The molecule has 1 saturated heterocycles. The number of benzene rings is 1. The molecule has 0 bridgehead atoms. The number of nitrogens with two attached hydrogens (primary N) is 1. The Kier molecular flexibility index (Phi) is 7.13. The minimum Gasteiger partial charge on any atom is -0.477 e. The number of carbonyl (C=O) groups is 3. The number of nitrogens with zero attached hydrogens (tertiary/aromatic N) is 3. The van der Waals surface area contributed by atoms with Crippen LogP contribution in [-0.2, 0) is 14.4 Å². The normalized spacial score (nSPS) is 19.3. The van der Waals surface area contributed by atoms with E-state index in [1.807, 2.05) is 0 Å².